The van der Waals surface area contributed by atoms with Crippen LogP contribution in [0.4, 0.5) is 0 Å². The smallest absolute Gasteiger partial charge is 0.167 e. The molecule has 4 rings (SSSR count). The van der Waals surface area contributed by atoms with E-state index in [1.165, 1.54) is 21.9 Å². The molecule has 0 spiro atoms. The van der Waals surface area contributed by atoms with Crippen molar-refractivity contribution in [2.45, 2.75) is 68.2 Å². The topological polar surface area (TPSA) is 17.1 Å². The van der Waals surface area contributed by atoms with Crippen molar-refractivity contribution in [3.05, 3.63) is 119 Å². The first-order chi connectivity index (χ1) is 16.8. The lowest BCUT2D eigenvalue weighted by atomic mass is 9.97. The van der Waals surface area contributed by atoms with E-state index in [0.29, 0.717) is 6.42 Å². The fraction of sp³-hybridized carbons (Fsp3) is 0.303. The van der Waals surface area contributed by atoms with Gasteiger partial charge in [-0.1, -0.05) is 152 Å². The van der Waals surface area contributed by atoms with Crippen molar-refractivity contribution in [1.82, 2.24) is 0 Å². The third-order valence-corrected chi connectivity index (χ3v) is 4.76. The SMILES string of the molecule is CC.CC.CC.CC.O=C(Cc1ccc(Cc2cccc3ccccc23)cc1)c1ccccc1. The predicted molar refractivity (Wildman–Crippen MR) is 153 cm³/mol. The number of carbonyl (C=O) groups excluding carboxylic acids is 1. The maximum Gasteiger partial charge on any atom is 0.167 e. The van der Waals surface area contributed by atoms with Crippen LogP contribution in [0.5, 0.6) is 0 Å². The average Bonchev–Trinajstić information content (AvgIpc) is 2.95. The van der Waals surface area contributed by atoms with Crippen LogP contribution in [0.1, 0.15) is 82.4 Å². The number of Topliss-reactive ketones (excluding diaryl/α,β-unsaturated/α-hetero) is 1. The van der Waals surface area contributed by atoms with Gasteiger partial charge < -0.3 is 0 Å². The van der Waals surface area contributed by atoms with Crippen LogP contribution in [0.2, 0.25) is 0 Å². The largest absolute Gasteiger partial charge is 0.294 e. The van der Waals surface area contributed by atoms with Crippen molar-refractivity contribution in [1.29, 1.82) is 0 Å². The minimum absolute atomic E-state index is 0.160. The quantitative estimate of drug-likeness (QED) is 0.273. The van der Waals surface area contributed by atoms with Crippen LogP contribution in [-0.4, -0.2) is 5.78 Å². The molecule has 0 aliphatic heterocycles. The number of fused-ring (bicyclic) bond motifs is 1. The molecule has 4 aromatic carbocycles. The van der Waals surface area contributed by atoms with E-state index in [9.17, 15) is 4.79 Å². The molecule has 0 aliphatic rings. The minimum atomic E-state index is 0.160. The molecule has 0 fully saturated rings. The number of rotatable bonds is 5. The van der Waals surface area contributed by atoms with Crippen molar-refractivity contribution in [3.63, 3.8) is 0 Å². The average molecular weight is 457 g/mol. The highest BCUT2D eigenvalue weighted by Crippen LogP contribution is 2.21. The van der Waals surface area contributed by atoms with Gasteiger partial charge in [0.05, 0.1) is 0 Å². The van der Waals surface area contributed by atoms with Gasteiger partial charge in [0.25, 0.3) is 0 Å². The van der Waals surface area contributed by atoms with Crippen LogP contribution in [0.3, 0.4) is 0 Å². The van der Waals surface area contributed by atoms with Crippen LogP contribution in [0, 0.1) is 0 Å². The molecule has 0 heterocycles. The molecule has 1 heteroatoms. The van der Waals surface area contributed by atoms with Gasteiger partial charge >= 0.3 is 0 Å². The number of hydrogen-bond acceptors (Lipinski definition) is 1. The fourth-order valence-corrected chi connectivity index (χ4v) is 3.35. The van der Waals surface area contributed by atoms with Crippen molar-refractivity contribution in [2.75, 3.05) is 0 Å². The highest BCUT2D eigenvalue weighted by Gasteiger charge is 2.07. The molecular weight excluding hydrogens is 412 g/mol. The maximum atomic E-state index is 12.3. The monoisotopic (exact) mass is 456 g/mol. The molecule has 0 amide bonds. The number of hydrogen-bond donors (Lipinski definition) is 0. The standard InChI is InChI=1S/C25H20O.4C2H6/c26-25(22-8-2-1-3-9-22)18-20-15-13-19(14-16-20)17-23-11-6-10-21-7-4-5-12-24(21)23;4*1-2/h1-16H,17-18H2;4*1-2H3. The number of benzene rings is 4. The summed E-state index contributed by atoms with van der Waals surface area (Å²) < 4.78 is 0. The summed E-state index contributed by atoms with van der Waals surface area (Å²) in [6.07, 6.45) is 1.34. The van der Waals surface area contributed by atoms with Gasteiger partial charge in [-0.25, -0.2) is 0 Å². The zero-order chi connectivity index (χ0) is 25.8. The molecule has 0 aromatic heterocycles. The molecule has 4 aromatic rings. The Morgan fingerprint density at radius 1 is 0.529 bits per heavy atom. The summed E-state index contributed by atoms with van der Waals surface area (Å²) >= 11 is 0. The van der Waals surface area contributed by atoms with E-state index in [0.717, 1.165) is 17.5 Å². The second-order valence-electron chi connectivity index (χ2n) is 6.60. The zero-order valence-electron chi connectivity index (χ0n) is 22.6. The third-order valence-electron chi connectivity index (χ3n) is 4.76. The maximum absolute atomic E-state index is 12.3. The second-order valence-corrected chi connectivity index (χ2v) is 6.60. The highest BCUT2D eigenvalue weighted by molar-refractivity contribution is 5.97. The third kappa shape index (κ3) is 9.75. The summed E-state index contributed by atoms with van der Waals surface area (Å²) in [4.78, 5) is 12.3. The Kier molecular flexibility index (Phi) is 17.5. The van der Waals surface area contributed by atoms with Crippen LogP contribution in [0.25, 0.3) is 10.8 Å². The predicted octanol–water partition coefficient (Wildman–Crippen LogP) is 9.96. The Bertz CT molecular complexity index is 1030. The van der Waals surface area contributed by atoms with Crippen LogP contribution in [0.15, 0.2) is 97.1 Å². The number of carbonyl (C=O) groups is 1. The van der Waals surface area contributed by atoms with Gasteiger partial charge in [0.2, 0.25) is 0 Å². The Hall–Kier alpha value is -3.19. The van der Waals surface area contributed by atoms with E-state index < -0.39 is 0 Å². The van der Waals surface area contributed by atoms with E-state index in [1.54, 1.807) is 0 Å². The Morgan fingerprint density at radius 2 is 1.03 bits per heavy atom. The first-order valence-corrected chi connectivity index (χ1v) is 12.9. The summed E-state index contributed by atoms with van der Waals surface area (Å²) in [5, 5.41) is 2.58. The van der Waals surface area contributed by atoms with Crippen molar-refractivity contribution in [3.8, 4) is 0 Å². The van der Waals surface area contributed by atoms with E-state index in [-0.39, 0.29) is 5.78 Å². The molecule has 0 saturated carbocycles. The molecule has 0 unspecified atom stereocenters. The first kappa shape index (κ1) is 30.8. The normalized spacial score (nSPS) is 8.94. The first-order valence-electron chi connectivity index (χ1n) is 12.9. The van der Waals surface area contributed by atoms with Gasteiger partial charge in [-0.15, -0.1) is 0 Å². The highest BCUT2D eigenvalue weighted by atomic mass is 16.1. The summed E-state index contributed by atoms with van der Waals surface area (Å²) in [6.45, 7) is 16.0. The molecule has 0 aliphatic carbocycles. The minimum Gasteiger partial charge on any atom is -0.294 e. The zero-order valence-corrected chi connectivity index (χ0v) is 22.6. The van der Waals surface area contributed by atoms with E-state index in [1.807, 2.05) is 85.7 Å². The van der Waals surface area contributed by atoms with Gasteiger partial charge in [-0.05, 0) is 33.9 Å². The van der Waals surface area contributed by atoms with E-state index in [4.69, 9.17) is 0 Å². The van der Waals surface area contributed by atoms with Gasteiger partial charge in [-0.3, -0.25) is 4.79 Å². The lowest BCUT2D eigenvalue weighted by molar-refractivity contribution is 0.0993. The van der Waals surface area contributed by atoms with Crippen molar-refractivity contribution in [2.24, 2.45) is 0 Å². The Balaban J connectivity index is 0.00000124. The Morgan fingerprint density at radius 3 is 1.65 bits per heavy atom. The lowest BCUT2D eigenvalue weighted by Crippen LogP contribution is -2.03. The molecule has 0 saturated heterocycles. The molecule has 0 bridgehead atoms. The van der Waals surface area contributed by atoms with Gasteiger partial charge in [0, 0.05) is 12.0 Å². The number of ketones is 1. The van der Waals surface area contributed by atoms with Crippen LogP contribution >= 0.6 is 0 Å². The van der Waals surface area contributed by atoms with E-state index in [2.05, 4.69) is 66.7 Å². The molecule has 1 nitrogen and oxygen atoms in total. The van der Waals surface area contributed by atoms with Crippen LogP contribution in [-0.2, 0) is 12.8 Å². The summed E-state index contributed by atoms with van der Waals surface area (Å²) in [6, 6.07) is 32.8. The summed E-state index contributed by atoms with van der Waals surface area (Å²) in [7, 11) is 0. The molecule has 0 atom stereocenters. The fourth-order valence-electron chi connectivity index (χ4n) is 3.35. The summed E-state index contributed by atoms with van der Waals surface area (Å²) in [5.41, 5.74) is 4.42. The van der Waals surface area contributed by atoms with Gasteiger partial charge in [0.15, 0.2) is 5.78 Å². The van der Waals surface area contributed by atoms with Crippen LogP contribution < -0.4 is 0 Å². The molecular formula is C33H44O. The molecule has 0 radical (unpaired) electrons. The van der Waals surface area contributed by atoms with Gasteiger partial charge in [-0.2, -0.15) is 0 Å². The van der Waals surface area contributed by atoms with E-state index >= 15 is 0 Å². The van der Waals surface area contributed by atoms with Crippen molar-refractivity contribution >= 4 is 16.6 Å². The van der Waals surface area contributed by atoms with Gasteiger partial charge in [0.1, 0.15) is 0 Å². The second kappa shape index (κ2) is 19.3. The summed E-state index contributed by atoms with van der Waals surface area (Å²) in [5.74, 6) is 0.160. The van der Waals surface area contributed by atoms with Crippen molar-refractivity contribution < 1.29 is 4.79 Å². The molecule has 34 heavy (non-hydrogen) atoms. The lowest BCUT2D eigenvalue weighted by Gasteiger charge is -2.08. The molecule has 0 N–H and O–H groups in total. The molecule has 182 valence electrons. The Labute approximate surface area is 208 Å².